The molecule has 70 heavy (non-hydrogen) atoms. The Hall–Kier alpha value is -5.78. The molecule has 0 spiro atoms. The Balaban J connectivity index is 0.000000254. The van der Waals surface area contributed by atoms with E-state index in [4.69, 9.17) is 57.9 Å². The van der Waals surface area contributed by atoms with Crippen LogP contribution in [0.2, 0.25) is 0 Å². The van der Waals surface area contributed by atoms with Crippen LogP contribution >= 0.6 is 71.2 Å². The van der Waals surface area contributed by atoms with E-state index in [9.17, 15) is 19.2 Å². The highest BCUT2D eigenvalue weighted by Crippen LogP contribution is 2.32. The third-order valence-corrected chi connectivity index (χ3v) is 12.1. The van der Waals surface area contributed by atoms with Gasteiger partial charge >= 0.3 is 0 Å². The maximum absolute atomic E-state index is 12.5. The van der Waals surface area contributed by atoms with Crippen LogP contribution in [0.4, 0.5) is 0 Å². The smallest absolute Gasteiger partial charge is 0.262 e. The van der Waals surface area contributed by atoms with E-state index in [1.54, 1.807) is 59.6 Å². The number of fused-ring (bicyclic) bond motifs is 2. The van der Waals surface area contributed by atoms with Crippen molar-refractivity contribution in [3.05, 3.63) is 237 Å². The first-order valence-electron chi connectivity index (χ1n) is 21.7. The zero-order chi connectivity index (χ0) is 49.3. The number of hydrogen-bond donors (Lipinski definition) is 2. The number of rotatable bonds is 10. The monoisotopic (exact) mass is 1060 g/mol. The molecular formula is C56H54Cl6N4O4. The molecule has 2 aliphatic rings. The Morgan fingerprint density at radius 2 is 0.543 bits per heavy atom. The number of carbonyl (C=O) groups excluding carboxylic acids is 4. The van der Waals surface area contributed by atoms with Crippen LogP contribution in [-0.2, 0) is 0 Å². The van der Waals surface area contributed by atoms with E-state index in [1.807, 2.05) is 149 Å². The fraction of sp³-hybridized carbons (Fsp3) is 0.143. The third-order valence-electron chi connectivity index (χ3n) is 11.2. The lowest BCUT2D eigenvalue weighted by Crippen LogP contribution is -2.38. The standard InChI is InChI=1S/2C18H14ClNO2.2C10H12ClN.2ClH/c2*1-12(16(11-19)13-7-3-2-4-8-13)20-17(21)14-9-5-6-10-15(14)18(20)22;2*1-8(12)10(7-11)9-5-3-2-4-6-9;;/h2*2-12H,1H3;2*2-8H,12H2,1H3;2*1H/b16-11+;16-11-;10-7+;10-7-;;. The van der Waals surface area contributed by atoms with Crippen molar-refractivity contribution in [2.24, 2.45) is 11.5 Å². The van der Waals surface area contributed by atoms with Gasteiger partial charge in [0.1, 0.15) is 0 Å². The van der Waals surface area contributed by atoms with Crippen molar-refractivity contribution in [3.8, 4) is 0 Å². The number of nitrogens with zero attached hydrogens (tertiary/aromatic N) is 2. The van der Waals surface area contributed by atoms with Gasteiger partial charge in [0.05, 0.1) is 34.3 Å². The van der Waals surface area contributed by atoms with E-state index >= 15 is 0 Å². The molecule has 0 saturated carbocycles. The number of benzene rings is 6. The highest BCUT2D eigenvalue weighted by Gasteiger charge is 2.40. The van der Waals surface area contributed by atoms with Crippen LogP contribution in [0, 0.1) is 0 Å². The summed E-state index contributed by atoms with van der Waals surface area (Å²) in [5, 5.41) is 0. The number of halogens is 6. The molecule has 0 bridgehead atoms. The van der Waals surface area contributed by atoms with Crippen LogP contribution in [0.25, 0.3) is 22.3 Å². The highest BCUT2D eigenvalue weighted by atomic mass is 35.5. The molecule has 2 aliphatic heterocycles. The lowest BCUT2D eigenvalue weighted by molar-refractivity contribution is 0.0614. The minimum atomic E-state index is -0.438. The quantitative estimate of drug-likeness (QED) is 0.132. The fourth-order valence-corrected chi connectivity index (χ4v) is 8.83. The summed E-state index contributed by atoms with van der Waals surface area (Å²) < 4.78 is 0. The Labute approximate surface area is 443 Å². The molecule has 0 aliphatic carbocycles. The SMILES string of the molecule is CC(/C(=C/Cl)c1ccccc1)N1C(=O)c2ccccc2C1=O.CC(/C(=C\Cl)c1ccccc1)N1C(=O)c2ccccc2C1=O.CC(N)/C(=C/Cl)c1ccccc1.CC(N)/C(=C\Cl)c1ccccc1.Cl.Cl. The fourth-order valence-electron chi connectivity index (χ4n) is 7.56. The lowest BCUT2D eigenvalue weighted by Gasteiger charge is -2.25. The van der Waals surface area contributed by atoms with Gasteiger partial charge in [0.25, 0.3) is 23.6 Å². The van der Waals surface area contributed by atoms with Crippen molar-refractivity contribution in [3.63, 3.8) is 0 Å². The van der Waals surface area contributed by atoms with Crippen molar-refractivity contribution in [1.29, 1.82) is 0 Å². The maximum atomic E-state index is 12.5. The number of nitrogens with two attached hydrogens (primary N) is 2. The molecule has 6 aromatic carbocycles. The van der Waals surface area contributed by atoms with E-state index in [0.717, 1.165) is 44.5 Å². The molecule has 6 aromatic rings. The summed E-state index contributed by atoms with van der Waals surface area (Å²) in [6, 6.07) is 51.6. The van der Waals surface area contributed by atoms with Crippen LogP contribution in [0.3, 0.4) is 0 Å². The molecule has 4 amide bonds. The zero-order valence-corrected chi connectivity index (χ0v) is 43.5. The Morgan fingerprint density at radius 3 is 0.729 bits per heavy atom. The molecule has 8 rings (SSSR count). The predicted octanol–water partition coefficient (Wildman–Crippen LogP) is 14.0. The zero-order valence-electron chi connectivity index (χ0n) is 38.8. The molecule has 4 unspecified atom stereocenters. The summed E-state index contributed by atoms with van der Waals surface area (Å²) in [4.78, 5) is 52.7. The number of hydrogen-bond acceptors (Lipinski definition) is 6. The van der Waals surface area contributed by atoms with Gasteiger partial charge in [0.15, 0.2) is 0 Å². The van der Waals surface area contributed by atoms with Gasteiger partial charge < -0.3 is 11.5 Å². The van der Waals surface area contributed by atoms with Gasteiger partial charge in [0, 0.05) is 34.2 Å². The molecule has 2 heterocycles. The number of imide groups is 2. The van der Waals surface area contributed by atoms with Crippen molar-refractivity contribution < 1.29 is 19.2 Å². The summed E-state index contributed by atoms with van der Waals surface area (Å²) in [7, 11) is 0. The molecule has 364 valence electrons. The van der Waals surface area contributed by atoms with E-state index in [0.29, 0.717) is 22.3 Å². The van der Waals surface area contributed by atoms with Gasteiger partial charge in [-0.05, 0) is 96.5 Å². The average Bonchev–Trinajstić information content (AvgIpc) is 3.77. The molecule has 4 N–H and O–H groups in total. The molecular weight excluding hydrogens is 1010 g/mol. The second kappa shape index (κ2) is 28.8. The summed E-state index contributed by atoms with van der Waals surface area (Å²) >= 11 is 23.3. The van der Waals surface area contributed by atoms with Crippen LogP contribution in [-0.4, -0.2) is 57.6 Å². The van der Waals surface area contributed by atoms with Gasteiger partial charge in [-0.15, -0.1) is 24.8 Å². The Bertz CT molecular complexity index is 2540. The Morgan fingerprint density at radius 1 is 0.357 bits per heavy atom. The van der Waals surface area contributed by atoms with Gasteiger partial charge in [-0.1, -0.05) is 192 Å². The average molecular weight is 1060 g/mol. The number of carbonyl (C=O) groups is 4. The topological polar surface area (TPSA) is 127 Å². The first-order valence-corrected chi connectivity index (χ1v) is 23.4. The van der Waals surface area contributed by atoms with Gasteiger partial charge in [0.2, 0.25) is 0 Å². The van der Waals surface area contributed by atoms with E-state index in [1.165, 1.54) is 20.9 Å². The van der Waals surface area contributed by atoms with Crippen molar-refractivity contribution in [2.45, 2.75) is 51.9 Å². The molecule has 0 radical (unpaired) electrons. The van der Waals surface area contributed by atoms with Crippen molar-refractivity contribution >= 4 is 117 Å². The van der Waals surface area contributed by atoms with Crippen LogP contribution in [0.5, 0.6) is 0 Å². The minimum Gasteiger partial charge on any atom is -0.324 e. The van der Waals surface area contributed by atoms with Crippen molar-refractivity contribution in [2.75, 3.05) is 0 Å². The molecule has 14 heteroatoms. The Kier molecular flexibility index (Phi) is 24.1. The maximum Gasteiger partial charge on any atom is 0.262 e. The second-order valence-corrected chi connectivity index (χ2v) is 16.6. The second-order valence-electron chi connectivity index (χ2n) is 15.7. The summed E-state index contributed by atoms with van der Waals surface area (Å²) in [6.07, 6.45) is 0. The summed E-state index contributed by atoms with van der Waals surface area (Å²) in [6.45, 7) is 7.45. The van der Waals surface area contributed by atoms with E-state index < -0.39 is 12.1 Å². The first kappa shape index (κ1) is 58.5. The van der Waals surface area contributed by atoms with Crippen LogP contribution in [0.1, 0.15) is 91.4 Å². The van der Waals surface area contributed by atoms with Crippen LogP contribution in [0.15, 0.2) is 192 Å². The normalized spacial score (nSPS) is 14.9. The highest BCUT2D eigenvalue weighted by molar-refractivity contribution is 6.30. The summed E-state index contributed by atoms with van der Waals surface area (Å²) in [5.74, 6) is -1.11. The molecule has 0 fully saturated rings. The van der Waals surface area contributed by atoms with E-state index in [-0.39, 0.29) is 60.5 Å². The predicted molar refractivity (Wildman–Crippen MR) is 296 cm³/mol. The number of amides is 4. The molecule has 8 nitrogen and oxygen atoms in total. The molecule has 0 saturated heterocycles. The van der Waals surface area contributed by atoms with Gasteiger partial charge in [-0.25, -0.2) is 0 Å². The lowest BCUT2D eigenvalue weighted by atomic mass is 10.0. The largest absolute Gasteiger partial charge is 0.324 e. The molecule has 4 atom stereocenters. The van der Waals surface area contributed by atoms with Crippen molar-refractivity contribution in [1.82, 2.24) is 9.80 Å². The van der Waals surface area contributed by atoms with E-state index in [2.05, 4.69) is 0 Å². The third kappa shape index (κ3) is 14.2. The van der Waals surface area contributed by atoms with Gasteiger partial charge in [-0.2, -0.15) is 0 Å². The first-order chi connectivity index (χ1) is 32.8. The summed E-state index contributed by atoms with van der Waals surface area (Å²) in [5.41, 5.74) is 26.5. The molecule has 0 aromatic heterocycles. The van der Waals surface area contributed by atoms with Crippen LogP contribution < -0.4 is 11.5 Å². The minimum absolute atomic E-state index is 0. The van der Waals surface area contributed by atoms with Gasteiger partial charge in [-0.3, -0.25) is 29.0 Å².